The summed E-state index contributed by atoms with van der Waals surface area (Å²) in [7, 11) is 0. The van der Waals surface area contributed by atoms with E-state index in [1.807, 2.05) is 13.8 Å². The van der Waals surface area contributed by atoms with Crippen molar-refractivity contribution in [3.8, 4) is 0 Å². The number of rotatable bonds is 1. The molecule has 0 heterocycles. The Balaban J connectivity index is 2.48. The number of hydrogen-bond acceptors (Lipinski definition) is 1. The van der Waals surface area contributed by atoms with Gasteiger partial charge in [-0.1, -0.05) is 13.8 Å². The predicted molar refractivity (Wildman–Crippen MR) is 50.6 cm³/mol. The molecule has 14 heavy (non-hydrogen) atoms. The summed E-state index contributed by atoms with van der Waals surface area (Å²) >= 11 is 0. The van der Waals surface area contributed by atoms with Crippen LogP contribution in [-0.2, 0) is 5.54 Å². The van der Waals surface area contributed by atoms with Gasteiger partial charge < -0.3 is 5.73 Å². The SMILES string of the molecule is CC1(C)CC1(N)c1cc(F)ccc1F. The first-order valence-corrected chi connectivity index (χ1v) is 4.61. The van der Waals surface area contributed by atoms with Gasteiger partial charge >= 0.3 is 0 Å². The summed E-state index contributed by atoms with van der Waals surface area (Å²) in [5.41, 5.74) is 5.47. The first kappa shape index (κ1) is 9.59. The fourth-order valence-corrected chi connectivity index (χ4v) is 1.95. The van der Waals surface area contributed by atoms with Gasteiger partial charge in [-0.15, -0.1) is 0 Å². The first-order valence-electron chi connectivity index (χ1n) is 4.61. The highest BCUT2D eigenvalue weighted by atomic mass is 19.1. The van der Waals surface area contributed by atoms with Crippen molar-refractivity contribution in [1.29, 1.82) is 0 Å². The Hall–Kier alpha value is -0.960. The Morgan fingerprint density at radius 1 is 1.29 bits per heavy atom. The fourth-order valence-electron chi connectivity index (χ4n) is 1.95. The molecule has 0 spiro atoms. The van der Waals surface area contributed by atoms with E-state index in [1.165, 1.54) is 6.07 Å². The van der Waals surface area contributed by atoms with Gasteiger partial charge in [0.25, 0.3) is 0 Å². The maximum atomic E-state index is 13.4. The normalized spacial score (nSPS) is 28.9. The average molecular weight is 197 g/mol. The predicted octanol–water partition coefficient (Wildman–Crippen LogP) is 2.55. The molecule has 1 unspecified atom stereocenters. The molecule has 2 rings (SSSR count). The molecule has 1 aliphatic carbocycles. The van der Waals surface area contributed by atoms with Crippen LogP contribution in [0.3, 0.4) is 0 Å². The van der Waals surface area contributed by atoms with Gasteiger partial charge in [0.2, 0.25) is 0 Å². The molecule has 1 fully saturated rings. The summed E-state index contributed by atoms with van der Waals surface area (Å²) in [6.07, 6.45) is 0.695. The van der Waals surface area contributed by atoms with Crippen LogP contribution in [0.15, 0.2) is 18.2 Å². The summed E-state index contributed by atoms with van der Waals surface area (Å²) in [5, 5.41) is 0. The van der Waals surface area contributed by atoms with E-state index < -0.39 is 17.2 Å². The van der Waals surface area contributed by atoms with Gasteiger partial charge in [-0.25, -0.2) is 8.78 Å². The van der Waals surface area contributed by atoms with E-state index in [1.54, 1.807) is 0 Å². The summed E-state index contributed by atoms with van der Waals surface area (Å²) in [6.45, 7) is 3.91. The van der Waals surface area contributed by atoms with Crippen LogP contribution in [0.1, 0.15) is 25.8 Å². The summed E-state index contributed by atoms with van der Waals surface area (Å²) in [4.78, 5) is 0. The monoisotopic (exact) mass is 197 g/mol. The molecular formula is C11H13F2N. The van der Waals surface area contributed by atoms with Crippen molar-refractivity contribution in [2.75, 3.05) is 0 Å². The van der Waals surface area contributed by atoms with E-state index in [0.717, 1.165) is 12.1 Å². The molecule has 1 aromatic carbocycles. The quantitative estimate of drug-likeness (QED) is 0.735. The number of nitrogens with two attached hydrogens (primary N) is 1. The third-order valence-electron chi connectivity index (χ3n) is 3.21. The molecule has 0 bridgehead atoms. The molecule has 3 heteroatoms. The summed E-state index contributed by atoms with van der Waals surface area (Å²) in [6, 6.07) is 3.44. The van der Waals surface area contributed by atoms with Crippen LogP contribution in [0.2, 0.25) is 0 Å². The minimum absolute atomic E-state index is 0.137. The lowest BCUT2D eigenvalue weighted by Gasteiger charge is -2.16. The van der Waals surface area contributed by atoms with Gasteiger partial charge in [-0.05, 0) is 30.0 Å². The molecule has 1 atom stereocenters. The third-order valence-corrected chi connectivity index (χ3v) is 3.21. The maximum Gasteiger partial charge on any atom is 0.128 e. The standard InChI is InChI=1S/C11H13F2N/c1-10(2)6-11(10,14)8-5-7(12)3-4-9(8)13/h3-5H,6,14H2,1-2H3. The van der Waals surface area contributed by atoms with Gasteiger partial charge in [0.15, 0.2) is 0 Å². The van der Waals surface area contributed by atoms with E-state index in [4.69, 9.17) is 5.73 Å². The molecule has 1 aromatic rings. The molecule has 0 amide bonds. The van der Waals surface area contributed by atoms with Crippen molar-refractivity contribution in [2.24, 2.45) is 11.1 Å². The maximum absolute atomic E-state index is 13.4. The molecule has 0 radical (unpaired) electrons. The number of benzene rings is 1. The van der Waals surface area contributed by atoms with E-state index in [0.29, 0.717) is 12.0 Å². The van der Waals surface area contributed by atoms with Crippen LogP contribution >= 0.6 is 0 Å². The van der Waals surface area contributed by atoms with E-state index >= 15 is 0 Å². The lowest BCUT2D eigenvalue weighted by atomic mass is 9.96. The van der Waals surface area contributed by atoms with Crippen LogP contribution in [0.25, 0.3) is 0 Å². The highest BCUT2D eigenvalue weighted by molar-refractivity contribution is 5.36. The second-order valence-electron chi connectivity index (χ2n) is 4.66. The van der Waals surface area contributed by atoms with Crippen LogP contribution in [0.5, 0.6) is 0 Å². The Morgan fingerprint density at radius 2 is 1.86 bits per heavy atom. The topological polar surface area (TPSA) is 26.0 Å². The van der Waals surface area contributed by atoms with Gasteiger partial charge in [0.1, 0.15) is 11.6 Å². The fraction of sp³-hybridized carbons (Fsp3) is 0.455. The number of hydrogen-bond donors (Lipinski definition) is 1. The lowest BCUT2D eigenvalue weighted by molar-refractivity contribution is 0.477. The first-order chi connectivity index (χ1) is 6.37. The van der Waals surface area contributed by atoms with Crippen molar-refractivity contribution in [2.45, 2.75) is 25.8 Å². The molecule has 1 aliphatic rings. The van der Waals surface area contributed by atoms with Crippen LogP contribution in [0.4, 0.5) is 8.78 Å². The van der Waals surface area contributed by atoms with Crippen molar-refractivity contribution in [1.82, 2.24) is 0 Å². The molecule has 1 saturated carbocycles. The van der Waals surface area contributed by atoms with Crippen molar-refractivity contribution in [3.05, 3.63) is 35.4 Å². The second-order valence-corrected chi connectivity index (χ2v) is 4.66. The molecule has 76 valence electrons. The zero-order chi connectivity index (χ0) is 10.6. The zero-order valence-electron chi connectivity index (χ0n) is 8.27. The van der Waals surface area contributed by atoms with Crippen molar-refractivity contribution in [3.63, 3.8) is 0 Å². The van der Waals surface area contributed by atoms with Gasteiger partial charge in [0, 0.05) is 11.1 Å². The third kappa shape index (κ3) is 1.16. The number of halogens is 2. The molecule has 2 N–H and O–H groups in total. The molecular weight excluding hydrogens is 184 g/mol. The Bertz CT molecular complexity index is 387. The second kappa shape index (κ2) is 2.54. The van der Waals surface area contributed by atoms with Crippen LogP contribution < -0.4 is 5.73 Å². The lowest BCUT2D eigenvalue weighted by Crippen LogP contribution is -2.26. The van der Waals surface area contributed by atoms with Crippen LogP contribution in [0, 0.1) is 17.0 Å². The summed E-state index contributed by atoms with van der Waals surface area (Å²) in [5.74, 6) is -0.853. The zero-order valence-corrected chi connectivity index (χ0v) is 8.27. The highest BCUT2D eigenvalue weighted by Gasteiger charge is 2.60. The molecule has 0 aromatic heterocycles. The van der Waals surface area contributed by atoms with Gasteiger partial charge in [0.05, 0.1) is 0 Å². The largest absolute Gasteiger partial charge is 0.321 e. The minimum atomic E-state index is -0.695. The Kier molecular flexibility index (Phi) is 1.74. The smallest absolute Gasteiger partial charge is 0.128 e. The Morgan fingerprint density at radius 3 is 2.36 bits per heavy atom. The molecule has 0 saturated heterocycles. The van der Waals surface area contributed by atoms with Gasteiger partial charge in [-0.3, -0.25) is 0 Å². The van der Waals surface area contributed by atoms with E-state index in [2.05, 4.69) is 0 Å². The van der Waals surface area contributed by atoms with E-state index in [-0.39, 0.29) is 5.41 Å². The summed E-state index contributed by atoms with van der Waals surface area (Å²) < 4.78 is 26.3. The molecule has 1 nitrogen and oxygen atoms in total. The van der Waals surface area contributed by atoms with Gasteiger partial charge in [-0.2, -0.15) is 0 Å². The minimum Gasteiger partial charge on any atom is -0.321 e. The van der Waals surface area contributed by atoms with E-state index in [9.17, 15) is 8.78 Å². The molecule has 0 aliphatic heterocycles. The Labute approximate surface area is 81.9 Å². The average Bonchev–Trinajstić information content (AvgIpc) is 2.58. The van der Waals surface area contributed by atoms with Crippen LogP contribution in [-0.4, -0.2) is 0 Å². The highest BCUT2D eigenvalue weighted by Crippen LogP contribution is 2.60. The van der Waals surface area contributed by atoms with Crippen molar-refractivity contribution < 1.29 is 8.78 Å². The van der Waals surface area contributed by atoms with Crippen molar-refractivity contribution >= 4 is 0 Å².